The maximum atomic E-state index is 13.5. The number of nitrogens with one attached hydrogen (secondary N) is 2. The van der Waals surface area contributed by atoms with E-state index in [4.69, 9.17) is 9.47 Å². The van der Waals surface area contributed by atoms with Gasteiger partial charge < -0.3 is 14.8 Å². The van der Waals surface area contributed by atoms with Gasteiger partial charge in [-0.05, 0) is 35.9 Å². The summed E-state index contributed by atoms with van der Waals surface area (Å²) >= 11 is 0. The summed E-state index contributed by atoms with van der Waals surface area (Å²) in [5.74, 6) is -1.65. The number of hydrogen-bond acceptors (Lipinski definition) is 5. The molecule has 160 valence electrons. The average molecular weight is 426 g/mol. The molecule has 31 heavy (non-hydrogen) atoms. The SMILES string of the molecule is COc1cc(NC(=NCc2ccncc2)NC(=O)c2ccc(F)c(F)c2)cc(OC)c1. The van der Waals surface area contributed by atoms with Gasteiger partial charge in [-0.2, -0.15) is 0 Å². The van der Waals surface area contributed by atoms with Crippen LogP contribution in [0.3, 0.4) is 0 Å². The zero-order valence-corrected chi connectivity index (χ0v) is 16.9. The number of hydrogen-bond donors (Lipinski definition) is 2. The van der Waals surface area contributed by atoms with Crippen LogP contribution in [0.4, 0.5) is 14.5 Å². The second-order valence-electron chi connectivity index (χ2n) is 6.33. The number of methoxy groups -OCH3 is 2. The number of guanidine groups is 1. The highest BCUT2D eigenvalue weighted by Gasteiger charge is 2.13. The molecule has 0 unspecified atom stereocenters. The molecule has 0 atom stereocenters. The lowest BCUT2D eigenvalue weighted by molar-refractivity contribution is 0.0976. The van der Waals surface area contributed by atoms with Crippen LogP contribution in [0.2, 0.25) is 0 Å². The van der Waals surface area contributed by atoms with Crippen LogP contribution in [0.25, 0.3) is 0 Å². The second kappa shape index (κ2) is 10.1. The Morgan fingerprint density at radius 3 is 2.26 bits per heavy atom. The third-order valence-corrected chi connectivity index (χ3v) is 4.20. The number of aliphatic imine (C=N–C) groups is 1. The minimum absolute atomic E-state index is 0.0551. The molecule has 1 heterocycles. The lowest BCUT2D eigenvalue weighted by Crippen LogP contribution is -2.36. The van der Waals surface area contributed by atoms with Crippen molar-refractivity contribution in [2.45, 2.75) is 6.54 Å². The Hall–Kier alpha value is -4.01. The van der Waals surface area contributed by atoms with Crippen LogP contribution in [0.5, 0.6) is 11.5 Å². The van der Waals surface area contributed by atoms with Crippen molar-refractivity contribution in [1.82, 2.24) is 10.3 Å². The fourth-order valence-electron chi connectivity index (χ4n) is 2.60. The van der Waals surface area contributed by atoms with Gasteiger partial charge in [0.1, 0.15) is 11.5 Å². The van der Waals surface area contributed by atoms with E-state index < -0.39 is 17.5 Å². The van der Waals surface area contributed by atoms with Crippen molar-refractivity contribution in [3.05, 3.63) is 83.7 Å². The van der Waals surface area contributed by atoms with Crippen molar-refractivity contribution in [3.63, 3.8) is 0 Å². The molecule has 9 heteroatoms. The van der Waals surface area contributed by atoms with Crippen molar-refractivity contribution in [1.29, 1.82) is 0 Å². The normalized spacial score (nSPS) is 11.0. The third-order valence-electron chi connectivity index (χ3n) is 4.20. The van der Waals surface area contributed by atoms with Gasteiger partial charge in [-0.1, -0.05) is 0 Å². The molecule has 3 rings (SSSR count). The minimum atomic E-state index is -1.12. The van der Waals surface area contributed by atoms with Crippen LogP contribution < -0.4 is 20.1 Å². The van der Waals surface area contributed by atoms with Crippen molar-refractivity contribution in [3.8, 4) is 11.5 Å². The molecule has 7 nitrogen and oxygen atoms in total. The fourth-order valence-corrected chi connectivity index (χ4v) is 2.60. The summed E-state index contributed by atoms with van der Waals surface area (Å²) in [4.78, 5) is 20.9. The first-order chi connectivity index (χ1) is 15.0. The topological polar surface area (TPSA) is 84.8 Å². The van der Waals surface area contributed by atoms with Gasteiger partial charge in [0.15, 0.2) is 11.6 Å². The molecule has 0 bridgehead atoms. The molecule has 0 fully saturated rings. The molecule has 0 radical (unpaired) electrons. The van der Waals surface area contributed by atoms with E-state index in [1.54, 1.807) is 42.7 Å². The number of pyridine rings is 1. The Labute approximate surface area is 177 Å². The Kier molecular flexibility index (Phi) is 7.10. The predicted octanol–water partition coefficient (Wildman–Crippen LogP) is 3.78. The Bertz CT molecular complexity index is 1070. The summed E-state index contributed by atoms with van der Waals surface area (Å²) in [6.45, 7) is 0.240. The van der Waals surface area contributed by atoms with Crippen molar-refractivity contribution in [2.24, 2.45) is 4.99 Å². The monoisotopic (exact) mass is 426 g/mol. The van der Waals surface area contributed by atoms with Gasteiger partial charge in [0.25, 0.3) is 5.91 Å². The molecule has 0 aliphatic carbocycles. The first-order valence-corrected chi connectivity index (χ1v) is 9.18. The number of amides is 1. The standard InChI is InChI=1S/C22H20F2N4O3/c1-30-17-10-16(11-18(12-17)31-2)27-22(26-13-14-5-7-25-8-6-14)28-21(29)15-3-4-19(23)20(24)9-15/h3-12H,13H2,1-2H3,(H2,26,27,28,29). The Balaban J connectivity index is 1.87. The molecule has 2 N–H and O–H groups in total. The maximum absolute atomic E-state index is 13.5. The van der Waals surface area contributed by atoms with Crippen LogP contribution >= 0.6 is 0 Å². The van der Waals surface area contributed by atoms with E-state index >= 15 is 0 Å². The molecular formula is C22H20F2N4O3. The molecule has 0 saturated carbocycles. The number of carbonyl (C=O) groups excluding carboxylic acids is 1. The Morgan fingerprint density at radius 1 is 0.968 bits per heavy atom. The van der Waals surface area contributed by atoms with E-state index in [9.17, 15) is 13.6 Å². The summed E-state index contributed by atoms with van der Waals surface area (Å²) in [6, 6.07) is 11.5. The fraction of sp³-hybridized carbons (Fsp3) is 0.136. The number of anilines is 1. The number of carbonyl (C=O) groups is 1. The lowest BCUT2D eigenvalue weighted by Gasteiger charge is -2.14. The molecule has 0 aliphatic rings. The second-order valence-corrected chi connectivity index (χ2v) is 6.33. The summed E-state index contributed by atoms with van der Waals surface area (Å²) in [6.07, 6.45) is 3.26. The number of halogens is 2. The first-order valence-electron chi connectivity index (χ1n) is 9.18. The number of nitrogens with zero attached hydrogens (tertiary/aromatic N) is 2. The maximum Gasteiger partial charge on any atom is 0.258 e. The molecule has 0 spiro atoms. The number of benzene rings is 2. The van der Waals surface area contributed by atoms with Crippen LogP contribution in [0, 0.1) is 11.6 Å². The lowest BCUT2D eigenvalue weighted by atomic mass is 10.2. The summed E-state index contributed by atoms with van der Waals surface area (Å²) < 4.78 is 37.2. The van der Waals surface area contributed by atoms with E-state index in [0.29, 0.717) is 17.2 Å². The molecule has 0 aliphatic heterocycles. The highest BCUT2D eigenvalue weighted by molar-refractivity contribution is 6.10. The smallest absolute Gasteiger partial charge is 0.258 e. The van der Waals surface area contributed by atoms with Gasteiger partial charge >= 0.3 is 0 Å². The minimum Gasteiger partial charge on any atom is -0.497 e. The first kappa shape index (κ1) is 21.7. The van der Waals surface area contributed by atoms with Crippen LogP contribution in [-0.2, 0) is 6.54 Å². The van der Waals surface area contributed by atoms with E-state index in [0.717, 1.165) is 17.7 Å². The van der Waals surface area contributed by atoms with Gasteiger partial charge in [-0.3, -0.25) is 15.1 Å². The molecule has 1 aromatic heterocycles. The number of rotatable bonds is 6. The quantitative estimate of drug-likeness (QED) is 0.463. The average Bonchev–Trinajstić information content (AvgIpc) is 2.79. The molecule has 1 amide bonds. The zero-order chi connectivity index (χ0) is 22.2. The van der Waals surface area contributed by atoms with E-state index in [2.05, 4.69) is 20.6 Å². The van der Waals surface area contributed by atoms with Crippen molar-refractivity contribution >= 4 is 17.6 Å². The van der Waals surface area contributed by atoms with Gasteiger partial charge in [-0.15, -0.1) is 0 Å². The van der Waals surface area contributed by atoms with Crippen molar-refractivity contribution < 1.29 is 23.0 Å². The molecular weight excluding hydrogens is 406 g/mol. The van der Waals surface area contributed by atoms with E-state index in [1.165, 1.54) is 20.3 Å². The van der Waals surface area contributed by atoms with Crippen molar-refractivity contribution in [2.75, 3.05) is 19.5 Å². The van der Waals surface area contributed by atoms with E-state index in [1.807, 2.05) is 0 Å². The van der Waals surface area contributed by atoms with Gasteiger partial charge in [0, 0.05) is 41.8 Å². The Morgan fingerprint density at radius 2 is 1.65 bits per heavy atom. The van der Waals surface area contributed by atoms with Crippen LogP contribution in [0.1, 0.15) is 15.9 Å². The number of aromatic nitrogens is 1. The molecule has 3 aromatic rings. The van der Waals surface area contributed by atoms with Crippen LogP contribution in [0.15, 0.2) is 65.9 Å². The van der Waals surface area contributed by atoms with Gasteiger partial charge in [0.05, 0.1) is 20.8 Å². The van der Waals surface area contributed by atoms with E-state index in [-0.39, 0.29) is 18.1 Å². The summed E-state index contributed by atoms with van der Waals surface area (Å²) in [5, 5.41) is 5.59. The van der Waals surface area contributed by atoms with Crippen LogP contribution in [-0.4, -0.2) is 31.1 Å². The predicted molar refractivity (Wildman–Crippen MR) is 112 cm³/mol. The summed E-state index contributed by atoms with van der Waals surface area (Å²) in [7, 11) is 3.03. The molecule has 0 saturated heterocycles. The highest BCUT2D eigenvalue weighted by atomic mass is 19.2. The highest BCUT2D eigenvalue weighted by Crippen LogP contribution is 2.25. The number of ether oxygens (including phenoxy) is 2. The third kappa shape index (κ3) is 5.99. The van der Waals surface area contributed by atoms with Gasteiger partial charge in [0.2, 0.25) is 5.96 Å². The van der Waals surface area contributed by atoms with Gasteiger partial charge in [-0.25, -0.2) is 13.8 Å². The molecule has 2 aromatic carbocycles. The largest absolute Gasteiger partial charge is 0.497 e. The summed E-state index contributed by atoms with van der Waals surface area (Å²) in [5.41, 5.74) is 1.34. The zero-order valence-electron chi connectivity index (χ0n) is 16.9.